The Morgan fingerprint density at radius 2 is 2.16 bits per heavy atom. The van der Waals surface area contributed by atoms with E-state index in [1.165, 1.54) is 0 Å². The average molecular weight is 275 g/mol. The maximum atomic E-state index is 12.1. The van der Waals surface area contributed by atoms with Gasteiger partial charge in [-0.05, 0) is 24.8 Å². The van der Waals surface area contributed by atoms with E-state index in [4.69, 9.17) is 0 Å². The van der Waals surface area contributed by atoms with Crippen molar-refractivity contribution in [2.75, 3.05) is 11.1 Å². The molecule has 0 spiro atoms. The number of aromatic nitrogens is 2. The van der Waals surface area contributed by atoms with E-state index in [1.54, 1.807) is 28.8 Å². The monoisotopic (exact) mass is 275 g/mol. The standard InChI is InChI=1S/C14H17N3OS/c1-3-17-10-11(9-15-17)14(18)16-12-7-5-6-8-13(12)19-4-2/h5-10H,3-4H2,1-2H3,(H,16,18). The number of benzene rings is 1. The van der Waals surface area contributed by atoms with Crippen LogP contribution in [0.15, 0.2) is 41.6 Å². The minimum absolute atomic E-state index is 0.121. The number of rotatable bonds is 5. The Labute approximate surface area is 117 Å². The van der Waals surface area contributed by atoms with Crippen molar-refractivity contribution in [2.24, 2.45) is 0 Å². The molecule has 19 heavy (non-hydrogen) atoms. The number of nitrogens with one attached hydrogen (secondary N) is 1. The zero-order valence-corrected chi connectivity index (χ0v) is 11.9. The van der Waals surface area contributed by atoms with Crippen LogP contribution in [0.1, 0.15) is 24.2 Å². The Balaban J connectivity index is 2.14. The largest absolute Gasteiger partial charge is 0.321 e. The lowest BCUT2D eigenvalue weighted by Gasteiger charge is -2.08. The summed E-state index contributed by atoms with van der Waals surface area (Å²) >= 11 is 1.71. The Bertz CT molecular complexity index is 565. The first-order chi connectivity index (χ1) is 9.24. The van der Waals surface area contributed by atoms with Gasteiger partial charge in [-0.15, -0.1) is 11.8 Å². The summed E-state index contributed by atoms with van der Waals surface area (Å²) in [5, 5.41) is 7.04. The van der Waals surface area contributed by atoms with E-state index in [-0.39, 0.29) is 5.91 Å². The molecule has 1 heterocycles. The number of carbonyl (C=O) groups is 1. The van der Waals surface area contributed by atoms with Crippen LogP contribution in [0.4, 0.5) is 5.69 Å². The number of para-hydroxylation sites is 1. The first-order valence-corrected chi connectivity index (χ1v) is 7.28. The average Bonchev–Trinajstić information content (AvgIpc) is 2.90. The number of carbonyl (C=O) groups excluding carboxylic acids is 1. The second-order valence-electron chi connectivity index (χ2n) is 3.97. The molecule has 0 bridgehead atoms. The van der Waals surface area contributed by atoms with Gasteiger partial charge < -0.3 is 5.32 Å². The number of aryl methyl sites for hydroxylation is 1. The van der Waals surface area contributed by atoms with E-state index in [2.05, 4.69) is 17.3 Å². The van der Waals surface area contributed by atoms with Crippen LogP contribution < -0.4 is 5.32 Å². The van der Waals surface area contributed by atoms with Gasteiger partial charge in [0.2, 0.25) is 0 Å². The highest BCUT2D eigenvalue weighted by Gasteiger charge is 2.10. The summed E-state index contributed by atoms with van der Waals surface area (Å²) in [4.78, 5) is 13.2. The van der Waals surface area contributed by atoms with Crippen LogP contribution in [0.5, 0.6) is 0 Å². The third-order valence-corrected chi connectivity index (χ3v) is 3.61. The molecule has 0 fully saturated rings. The maximum Gasteiger partial charge on any atom is 0.258 e. The molecule has 0 aliphatic heterocycles. The lowest BCUT2D eigenvalue weighted by molar-refractivity contribution is 0.102. The molecule has 0 aliphatic carbocycles. The molecule has 1 aromatic carbocycles. The molecular weight excluding hydrogens is 258 g/mol. The fourth-order valence-electron chi connectivity index (χ4n) is 1.70. The van der Waals surface area contributed by atoms with Crippen molar-refractivity contribution in [3.8, 4) is 0 Å². The van der Waals surface area contributed by atoms with E-state index in [0.29, 0.717) is 5.56 Å². The zero-order valence-electron chi connectivity index (χ0n) is 11.1. The molecule has 0 saturated carbocycles. The summed E-state index contributed by atoms with van der Waals surface area (Å²) in [7, 11) is 0. The van der Waals surface area contributed by atoms with E-state index in [9.17, 15) is 4.79 Å². The lowest BCUT2D eigenvalue weighted by Crippen LogP contribution is -2.11. The van der Waals surface area contributed by atoms with Crippen molar-refractivity contribution in [1.29, 1.82) is 0 Å². The van der Waals surface area contributed by atoms with Gasteiger partial charge in [0.25, 0.3) is 5.91 Å². The van der Waals surface area contributed by atoms with Gasteiger partial charge in [-0.2, -0.15) is 5.10 Å². The van der Waals surface area contributed by atoms with Gasteiger partial charge in [-0.1, -0.05) is 19.1 Å². The summed E-state index contributed by atoms with van der Waals surface area (Å²) in [6, 6.07) is 7.83. The van der Waals surface area contributed by atoms with Gasteiger partial charge in [0.15, 0.2) is 0 Å². The predicted molar refractivity (Wildman–Crippen MR) is 78.7 cm³/mol. The second-order valence-corrected chi connectivity index (χ2v) is 5.27. The Morgan fingerprint density at radius 1 is 1.37 bits per heavy atom. The van der Waals surface area contributed by atoms with Crippen molar-refractivity contribution in [2.45, 2.75) is 25.3 Å². The highest BCUT2D eigenvalue weighted by Crippen LogP contribution is 2.26. The fourth-order valence-corrected chi connectivity index (χ4v) is 2.46. The zero-order chi connectivity index (χ0) is 13.7. The number of hydrogen-bond acceptors (Lipinski definition) is 3. The number of hydrogen-bond donors (Lipinski definition) is 1. The van der Waals surface area contributed by atoms with Gasteiger partial charge >= 0.3 is 0 Å². The molecule has 0 aliphatic rings. The van der Waals surface area contributed by atoms with Gasteiger partial charge in [0.05, 0.1) is 17.4 Å². The van der Waals surface area contributed by atoms with Crippen LogP contribution in [-0.4, -0.2) is 21.4 Å². The molecule has 2 aromatic rings. The summed E-state index contributed by atoms with van der Waals surface area (Å²) < 4.78 is 1.74. The first kappa shape index (κ1) is 13.7. The molecule has 1 aromatic heterocycles. The van der Waals surface area contributed by atoms with Gasteiger partial charge in [0, 0.05) is 17.6 Å². The van der Waals surface area contributed by atoms with Gasteiger partial charge in [-0.3, -0.25) is 9.48 Å². The van der Waals surface area contributed by atoms with Crippen LogP contribution in [0, 0.1) is 0 Å². The molecule has 0 saturated heterocycles. The van der Waals surface area contributed by atoms with Crippen LogP contribution in [0.25, 0.3) is 0 Å². The maximum absolute atomic E-state index is 12.1. The highest BCUT2D eigenvalue weighted by molar-refractivity contribution is 7.99. The minimum atomic E-state index is -0.121. The number of amides is 1. The fraction of sp³-hybridized carbons (Fsp3) is 0.286. The van der Waals surface area contributed by atoms with Crippen molar-refractivity contribution in [1.82, 2.24) is 9.78 Å². The van der Waals surface area contributed by atoms with Crippen molar-refractivity contribution in [3.05, 3.63) is 42.2 Å². The van der Waals surface area contributed by atoms with E-state index in [1.807, 2.05) is 31.2 Å². The van der Waals surface area contributed by atoms with Crippen LogP contribution in [0.2, 0.25) is 0 Å². The molecule has 1 amide bonds. The van der Waals surface area contributed by atoms with E-state index >= 15 is 0 Å². The SMILES string of the molecule is CCSc1ccccc1NC(=O)c1cnn(CC)c1. The Hall–Kier alpha value is -1.75. The summed E-state index contributed by atoms with van der Waals surface area (Å²) in [6.07, 6.45) is 3.35. The summed E-state index contributed by atoms with van der Waals surface area (Å²) in [5.74, 6) is 0.851. The molecule has 5 heteroatoms. The summed E-state index contributed by atoms with van der Waals surface area (Å²) in [5.41, 5.74) is 1.43. The molecule has 1 N–H and O–H groups in total. The second kappa shape index (κ2) is 6.43. The summed E-state index contributed by atoms with van der Waals surface area (Å²) in [6.45, 7) is 4.84. The topological polar surface area (TPSA) is 46.9 Å². The molecular formula is C14H17N3OS. The number of nitrogens with zero attached hydrogens (tertiary/aromatic N) is 2. The Kier molecular flexibility index (Phi) is 4.63. The smallest absolute Gasteiger partial charge is 0.258 e. The first-order valence-electron chi connectivity index (χ1n) is 6.30. The van der Waals surface area contributed by atoms with Crippen molar-refractivity contribution < 1.29 is 4.79 Å². The minimum Gasteiger partial charge on any atom is -0.321 e. The molecule has 0 radical (unpaired) electrons. The molecule has 2 rings (SSSR count). The van der Waals surface area contributed by atoms with Crippen LogP contribution in [-0.2, 0) is 6.54 Å². The normalized spacial score (nSPS) is 10.4. The Morgan fingerprint density at radius 3 is 2.84 bits per heavy atom. The van der Waals surface area contributed by atoms with Gasteiger partial charge in [-0.25, -0.2) is 0 Å². The molecule has 0 unspecified atom stereocenters. The van der Waals surface area contributed by atoms with Crippen molar-refractivity contribution in [3.63, 3.8) is 0 Å². The lowest BCUT2D eigenvalue weighted by atomic mass is 10.3. The molecule has 0 atom stereocenters. The molecule has 100 valence electrons. The van der Waals surface area contributed by atoms with Crippen molar-refractivity contribution >= 4 is 23.4 Å². The van der Waals surface area contributed by atoms with Crippen LogP contribution in [0.3, 0.4) is 0 Å². The quantitative estimate of drug-likeness (QED) is 0.852. The number of anilines is 1. The molecule has 4 nitrogen and oxygen atoms in total. The third-order valence-electron chi connectivity index (χ3n) is 2.65. The van der Waals surface area contributed by atoms with E-state index < -0.39 is 0 Å². The van der Waals surface area contributed by atoms with E-state index in [0.717, 1.165) is 22.9 Å². The third kappa shape index (κ3) is 3.38. The van der Waals surface area contributed by atoms with Crippen LogP contribution >= 0.6 is 11.8 Å². The highest BCUT2D eigenvalue weighted by atomic mass is 32.2. The van der Waals surface area contributed by atoms with Gasteiger partial charge in [0.1, 0.15) is 0 Å². The number of thioether (sulfide) groups is 1. The predicted octanol–water partition coefficient (Wildman–Crippen LogP) is 3.27.